The van der Waals surface area contributed by atoms with Crippen LogP contribution in [0.25, 0.3) is 0 Å². The van der Waals surface area contributed by atoms with Crippen molar-refractivity contribution in [3.63, 3.8) is 0 Å². The van der Waals surface area contributed by atoms with Gasteiger partial charge in [0.25, 0.3) is 5.91 Å². The molecule has 0 spiro atoms. The number of H-pyrrole nitrogens is 1. The molecule has 0 aromatic carbocycles. The molecule has 0 saturated heterocycles. The number of carbonyl (C=O) groups is 2. The molecular formula is C14H18Cl2N2O3. The van der Waals surface area contributed by atoms with Crippen molar-refractivity contribution >= 4 is 35.1 Å². The van der Waals surface area contributed by atoms with Gasteiger partial charge in [-0.05, 0) is 18.9 Å². The van der Waals surface area contributed by atoms with E-state index in [4.69, 9.17) is 23.2 Å². The number of aromatic nitrogens is 1. The molecule has 1 aromatic rings. The van der Waals surface area contributed by atoms with Gasteiger partial charge >= 0.3 is 5.97 Å². The fraction of sp³-hybridized carbons (Fsp3) is 0.571. The zero-order valence-electron chi connectivity index (χ0n) is 11.8. The second-order valence-corrected chi connectivity index (χ2v) is 6.35. The number of nitrogens with one attached hydrogen (secondary N) is 1. The van der Waals surface area contributed by atoms with Gasteiger partial charge in [0.05, 0.1) is 17.0 Å². The highest BCUT2D eigenvalue weighted by atomic mass is 35.5. The van der Waals surface area contributed by atoms with Crippen molar-refractivity contribution < 1.29 is 14.7 Å². The van der Waals surface area contributed by atoms with Gasteiger partial charge in [-0.3, -0.25) is 9.59 Å². The third-order valence-corrected chi connectivity index (χ3v) is 4.93. The Kier molecular flexibility index (Phi) is 4.84. The molecule has 5 nitrogen and oxygen atoms in total. The second kappa shape index (κ2) is 6.28. The van der Waals surface area contributed by atoms with Gasteiger partial charge in [-0.15, -0.1) is 0 Å². The lowest BCUT2D eigenvalue weighted by Gasteiger charge is -2.43. The number of nitrogens with zero attached hydrogens (tertiary/aromatic N) is 1. The number of carboxylic acid groups (broad SMARTS) is 1. The lowest BCUT2D eigenvalue weighted by Crippen LogP contribution is -2.52. The molecule has 1 heterocycles. The van der Waals surface area contributed by atoms with Crippen LogP contribution >= 0.6 is 23.2 Å². The molecule has 1 amide bonds. The maximum absolute atomic E-state index is 12.6. The normalized spacial score (nSPS) is 17.5. The van der Waals surface area contributed by atoms with E-state index in [1.54, 1.807) is 11.9 Å². The molecule has 0 aliphatic heterocycles. The van der Waals surface area contributed by atoms with Gasteiger partial charge in [-0.25, -0.2) is 0 Å². The average Bonchev–Trinajstić information content (AvgIpc) is 2.77. The highest BCUT2D eigenvalue weighted by molar-refractivity contribution is 6.41. The fourth-order valence-electron chi connectivity index (χ4n) is 3.04. The number of amides is 1. The van der Waals surface area contributed by atoms with Crippen molar-refractivity contribution in [1.82, 2.24) is 9.88 Å². The van der Waals surface area contributed by atoms with Crippen LogP contribution < -0.4 is 0 Å². The van der Waals surface area contributed by atoms with Crippen LogP contribution in [0.2, 0.25) is 10.2 Å². The Balaban J connectivity index is 2.26. The van der Waals surface area contributed by atoms with E-state index in [0.29, 0.717) is 12.8 Å². The minimum atomic E-state index is -0.890. The molecule has 1 fully saturated rings. The number of aromatic amines is 1. The molecule has 0 atom stereocenters. The van der Waals surface area contributed by atoms with Crippen LogP contribution in [0.1, 0.15) is 49.0 Å². The fourth-order valence-corrected chi connectivity index (χ4v) is 3.35. The average molecular weight is 333 g/mol. The third-order valence-electron chi connectivity index (χ3n) is 4.24. The number of halogens is 2. The molecule has 1 aliphatic carbocycles. The zero-order chi connectivity index (χ0) is 15.6. The lowest BCUT2D eigenvalue weighted by molar-refractivity contribution is -0.140. The monoisotopic (exact) mass is 332 g/mol. The predicted molar refractivity (Wildman–Crippen MR) is 81.0 cm³/mol. The van der Waals surface area contributed by atoms with Gasteiger partial charge in [-0.2, -0.15) is 0 Å². The Bertz CT molecular complexity index is 531. The molecule has 1 aliphatic rings. The number of aliphatic carboxylic acids is 1. The molecular weight excluding hydrogens is 315 g/mol. The highest BCUT2D eigenvalue weighted by Gasteiger charge is 2.41. The number of rotatable bonds is 4. The van der Waals surface area contributed by atoms with Crippen LogP contribution in [-0.4, -0.2) is 39.5 Å². The first-order chi connectivity index (χ1) is 9.85. The molecule has 7 heteroatoms. The first kappa shape index (κ1) is 16.2. The van der Waals surface area contributed by atoms with E-state index in [-0.39, 0.29) is 28.2 Å². The van der Waals surface area contributed by atoms with Crippen molar-refractivity contribution in [3.05, 3.63) is 21.9 Å². The van der Waals surface area contributed by atoms with Crippen molar-refractivity contribution in [2.24, 2.45) is 0 Å². The summed E-state index contributed by atoms with van der Waals surface area (Å²) in [5.74, 6) is -1.17. The van der Waals surface area contributed by atoms with Crippen molar-refractivity contribution in [2.75, 3.05) is 7.05 Å². The van der Waals surface area contributed by atoms with Gasteiger partial charge in [0.15, 0.2) is 0 Å². The number of carboxylic acids is 1. The molecule has 2 N–H and O–H groups in total. The van der Waals surface area contributed by atoms with E-state index in [0.717, 1.165) is 19.3 Å². The SMILES string of the molecule is CN(C(=O)c1cc(Cl)c(Cl)[nH]1)C1(CC(=O)O)CCCCC1. The zero-order valence-corrected chi connectivity index (χ0v) is 13.3. The Morgan fingerprint density at radius 3 is 2.43 bits per heavy atom. The van der Waals surface area contributed by atoms with E-state index < -0.39 is 11.5 Å². The van der Waals surface area contributed by atoms with Gasteiger partial charge in [0, 0.05) is 7.05 Å². The second-order valence-electron chi connectivity index (χ2n) is 5.56. The molecule has 1 saturated carbocycles. The first-order valence-corrected chi connectivity index (χ1v) is 7.65. The van der Waals surface area contributed by atoms with Gasteiger partial charge < -0.3 is 15.0 Å². The van der Waals surface area contributed by atoms with E-state index in [2.05, 4.69) is 4.98 Å². The van der Waals surface area contributed by atoms with E-state index >= 15 is 0 Å². The quantitative estimate of drug-likeness (QED) is 0.885. The molecule has 0 bridgehead atoms. The van der Waals surface area contributed by atoms with Crippen LogP contribution in [0.3, 0.4) is 0 Å². The Hall–Kier alpha value is -1.20. The summed E-state index contributed by atoms with van der Waals surface area (Å²) in [6.45, 7) is 0. The molecule has 0 radical (unpaired) electrons. The standard InChI is InChI=1S/C14H18Cl2N2O3/c1-18(13(21)10-7-9(15)12(16)17-10)14(8-11(19)20)5-3-2-4-6-14/h7,17H,2-6,8H2,1H3,(H,19,20). The summed E-state index contributed by atoms with van der Waals surface area (Å²) in [5, 5.41) is 9.69. The minimum Gasteiger partial charge on any atom is -0.481 e. The Labute approximate surface area is 133 Å². The molecule has 2 rings (SSSR count). The molecule has 1 aromatic heterocycles. The number of hydrogen-bond donors (Lipinski definition) is 2. The molecule has 21 heavy (non-hydrogen) atoms. The van der Waals surface area contributed by atoms with Crippen molar-refractivity contribution in [3.8, 4) is 0 Å². The van der Waals surface area contributed by atoms with Crippen LogP contribution in [0.4, 0.5) is 0 Å². The summed E-state index contributed by atoms with van der Waals surface area (Å²) < 4.78 is 0. The summed E-state index contributed by atoms with van der Waals surface area (Å²) in [6.07, 6.45) is 4.28. The summed E-state index contributed by atoms with van der Waals surface area (Å²) in [6, 6.07) is 1.47. The number of hydrogen-bond acceptors (Lipinski definition) is 2. The van der Waals surface area contributed by atoms with Gasteiger partial charge in [-0.1, -0.05) is 42.5 Å². The Morgan fingerprint density at radius 1 is 1.33 bits per heavy atom. The van der Waals surface area contributed by atoms with E-state index in [1.807, 2.05) is 0 Å². The van der Waals surface area contributed by atoms with Crippen LogP contribution in [-0.2, 0) is 4.79 Å². The Morgan fingerprint density at radius 2 is 1.95 bits per heavy atom. The van der Waals surface area contributed by atoms with Gasteiger partial charge in [0.1, 0.15) is 10.8 Å². The summed E-state index contributed by atoms with van der Waals surface area (Å²) >= 11 is 11.7. The predicted octanol–water partition coefficient (Wildman–Crippen LogP) is 3.57. The van der Waals surface area contributed by atoms with Crippen molar-refractivity contribution in [1.29, 1.82) is 0 Å². The number of carbonyl (C=O) groups excluding carboxylic acids is 1. The van der Waals surface area contributed by atoms with Crippen LogP contribution in [0.5, 0.6) is 0 Å². The summed E-state index contributed by atoms with van der Waals surface area (Å²) in [7, 11) is 1.65. The highest BCUT2D eigenvalue weighted by Crippen LogP contribution is 2.37. The first-order valence-electron chi connectivity index (χ1n) is 6.90. The van der Waals surface area contributed by atoms with Crippen molar-refractivity contribution in [2.45, 2.75) is 44.1 Å². The smallest absolute Gasteiger partial charge is 0.305 e. The van der Waals surface area contributed by atoms with Crippen LogP contribution in [0.15, 0.2) is 6.07 Å². The van der Waals surface area contributed by atoms with E-state index in [9.17, 15) is 14.7 Å². The van der Waals surface area contributed by atoms with Gasteiger partial charge in [0.2, 0.25) is 0 Å². The lowest BCUT2D eigenvalue weighted by atomic mass is 9.78. The topological polar surface area (TPSA) is 73.4 Å². The molecule has 0 unspecified atom stereocenters. The largest absolute Gasteiger partial charge is 0.481 e. The summed E-state index contributed by atoms with van der Waals surface area (Å²) in [5.41, 5.74) is -0.353. The maximum atomic E-state index is 12.6. The molecule has 116 valence electrons. The minimum absolute atomic E-state index is 0.0442. The maximum Gasteiger partial charge on any atom is 0.305 e. The third kappa shape index (κ3) is 3.35. The summed E-state index contributed by atoms with van der Waals surface area (Å²) in [4.78, 5) is 28.1. The van der Waals surface area contributed by atoms with Crippen LogP contribution in [0, 0.1) is 0 Å². The van der Waals surface area contributed by atoms with E-state index in [1.165, 1.54) is 6.07 Å².